The molecule has 0 heterocycles. The molecule has 0 spiro atoms. The largest absolute Gasteiger partial charge is 1.00 e. The van der Waals surface area contributed by atoms with Crippen LogP contribution in [0.4, 0.5) is 13.2 Å². The molecule has 0 aliphatic heterocycles. The number of halogens is 3. The molecule has 10 heavy (non-hydrogen) atoms. The molecule has 3 nitrogen and oxygen atoms in total. The van der Waals surface area contributed by atoms with Crippen LogP contribution in [0.15, 0.2) is 0 Å². The van der Waals surface area contributed by atoms with E-state index >= 15 is 0 Å². The van der Waals surface area contributed by atoms with Crippen LogP contribution in [0.2, 0.25) is 0 Å². The van der Waals surface area contributed by atoms with Gasteiger partial charge in [-0.15, -0.1) is 0 Å². The predicted octanol–water partition coefficient (Wildman–Crippen LogP) is -2.11. The summed E-state index contributed by atoms with van der Waals surface area (Å²) >= 11 is 0. The first kappa shape index (κ1) is 13.7. The van der Waals surface area contributed by atoms with Crippen molar-refractivity contribution < 1.29 is 58.5 Å². The predicted molar refractivity (Wildman–Crippen MR) is 24.5 cm³/mol. The van der Waals surface area contributed by atoms with Gasteiger partial charge in [0.2, 0.25) is 0 Å². The quantitative estimate of drug-likeness (QED) is 0.393. The molecule has 0 bridgehead atoms. The van der Waals surface area contributed by atoms with Crippen LogP contribution in [-0.2, 0) is 4.52 Å². The summed E-state index contributed by atoms with van der Waals surface area (Å²) in [6, 6.07) is 0. The molecule has 58 valence electrons. The van der Waals surface area contributed by atoms with E-state index in [2.05, 4.69) is 4.52 Å². The number of alkyl halides is 3. The molecule has 2 N–H and O–H groups in total. The van der Waals surface area contributed by atoms with Crippen molar-refractivity contribution in [1.82, 2.24) is 0 Å². The Hall–Kier alpha value is 1.10. The van der Waals surface area contributed by atoms with Crippen molar-refractivity contribution in [1.29, 1.82) is 0 Å². The van der Waals surface area contributed by atoms with Crippen LogP contribution in [0.3, 0.4) is 0 Å². The molecule has 1 atom stereocenters. The summed E-state index contributed by atoms with van der Waals surface area (Å²) in [5, 5.41) is 0. The van der Waals surface area contributed by atoms with Crippen LogP contribution in [0, 0.1) is 0 Å². The standard InChI is InChI=1S/C2H4F3O3P.Na.H/c3-1(4)2(5)8-9(6)7;;/h1-2,6-7H;;/q;+1;-1. The molecule has 1 unspecified atom stereocenters. The first-order chi connectivity index (χ1) is 4.04. The van der Waals surface area contributed by atoms with Gasteiger partial charge in [-0.25, -0.2) is 13.2 Å². The minimum Gasteiger partial charge on any atom is -1.00 e. The molecule has 0 aromatic carbocycles. The minimum atomic E-state index is -3.34. The van der Waals surface area contributed by atoms with Crippen LogP contribution in [0.25, 0.3) is 0 Å². The SMILES string of the molecule is OP(O)OC(F)C(F)F.[H-].[Na+]. The monoisotopic (exact) mass is 188 g/mol. The van der Waals surface area contributed by atoms with Crippen LogP contribution in [-0.4, -0.2) is 22.6 Å². The maximum atomic E-state index is 11.5. The van der Waals surface area contributed by atoms with Gasteiger partial charge in [-0.05, 0) is 0 Å². The molecule has 0 rings (SSSR count). The number of hydrogen-bond acceptors (Lipinski definition) is 3. The second kappa shape index (κ2) is 6.79. The molecule has 0 radical (unpaired) electrons. The first-order valence-electron chi connectivity index (χ1n) is 1.81. The fraction of sp³-hybridized carbons (Fsp3) is 1.00. The molecule has 0 aromatic rings. The summed E-state index contributed by atoms with van der Waals surface area (Å²) in [6.45, 7) is 0. The zero-order valence-corrected chi connectivity index (χ0v) is 7.93. The van der Waals surface area contributed by atoms with Gasteiger partial charge in [-0.2, -0.15) is 0 Å². The van der Waals surface area contributed by atoms with Gasteiger partial charge in [-0.3, -0.25) is 4.52 Å². The smallest absolute Gasteiger partial charge is 1.00 e. The molecule has 0 aliphatic carbocycles. The molecule has 0 saturated carbocycles. The maximum Gasteiger partial charge on any atom is 1.00 e. The third-order valence-electron chi connectivity index (χ3n) is 0.393. The van der Waals surface area contributed by atoms with Gasteiger partial charge < -0.3 is 11.2 Å². The maximum absolute atomic E-state index is 11.5. The zero-order valence-electron chi connectivity index (χ0n) is 6.04. The summed E-state index contributed by atoms with van der Waals surface area (Å²) in [5.74, 6) is 0. The summed E-state index contributed by atoms with van der Waals surface area (Å²) in [5.41, 5.74) is 0. The van der Waals surface area contributed by atoms with Gasteiger partial charge in [0.15, 0.2) is 0 Å². The third-order valence-corrected chi connectivity index (χ3v) is 0.783. The van der Waals surface area contributed by atoms with E-state index < -0.39 is 21.4 Å². The molecule has 0 amide bonds. The van der Waals surface area contributed by atoms with Crippen LogP contribution in [0.5, 0.6) is 0 Å². The summed E-state index contributed by atoms with van der Waals surface area (Å²) in [7, 11) is -3.03. The fourth-order valence-electron chi connectivity index (χ4n) is 0.136. The minimum absolute atomic E-state index is 0. The Morgan fingerprint density at radius 2 is 1.70 bits per heavy atom. The van der Waals surface area contributed by atoms with Crippen LogP contribution >= 0.6 is 8.60 Å². The molecular weight excluding hydrogens is 183 g/mol. The Morgan fingerprint density at radius 3 is 1.80 bits per heavy atom. The van der Waals surface area contributed by atoms with Gasteiger partial charge >= 0.3 is 38.2 Å². The molecular formula is C2H5F3NaO3P. The Labute approximate surface area is 80.0 Å². The topological polar surface area (TPSA) is 49.7 Å². The van der Waals surface area contributed by atoms with Crippen molar-refractivity contribution in [3.63, 3.8) is 0 Å². The van der Waals surface area contributed by atoms with E-state index in [-0.39, 0.29) is 31.0 Å². The summed E-state index contributed by atoms with van der Waals surface area (Å²) in [6.07, 6.45) is -6.25. The first-order valence-corrected chi connectivity index (χ1v) is 2.97. The summed E-state index contributed by atoms with van der Waals surface area (Å²) < 4.78 is 36.9. The van der Waals surface area contributed by atoms with Crippen molar-refractivity contribution in [3.8, 4) is 0 Å². The van der Waals surface area contributed by atoms with Gasteiger partial charge in [0.05, 0.1) is 0 Å². The Morgan fingerprint density at radius 1 is 1.30 bits per heavy atom. The van der Waals surface area contributed by atoms with Crippen molar-refractivity contribution in [2.24, 2.45) is 0 Å². The van der Waals surface area contributed by atoms with E-state index in [1.54, 1.807) is 0 Å². The van der Waals surface area contributed by atoms with Crippen molar-refractivity contribution in [3.05, 3.63) is 0 Å². The van der Waals surface area contributed by atoms with Gasteiger partial charge in [-0.1, -0.05) is 0 Å². The third kappa shape index (κ3) is 7.21. The van der Waals surface area contributed by atoms with E-state index in [1.807, 2.05) is 0 Å². The van der Waals surface area contributed by atoms with E-state index in [0.717, 1.165) is 0 Å². The molecule has 0 aliphatic rings. The fourth-order valence-corrected chi connectivity index (χ4v) is 0.408. The van der Waals surface area contributed by atoms with Crippen molar-refractivity contribution in [2.45, 2.75) is 12.8 Å². The molecule has 8 heteroatoms. The average molecular weight is 188 g/mol. The number of rotatable bonds is 3. The second-order valence-electron chi connectivity index (χ2n) is 1.04. The van der Waals surface area contributed by atoms with E-state index in [4.69, 9.17) is 9.79 Å². The molecule has 0 fully saturated rings. The Balaban J connectivity index is -0.000000320. The Bertz CT molecular complexity index is 89.0. The summed E-state index contributed by atoms with van der Waals surface area (Å²) in [4.78, 5) is 15.6. The second-order valence-corrected chi connectivity index (χ2v) is 1.76. The van der Waals surface area contributed by atoms with E-state index in [0.29, 0.717) is 0 Å². The van der Waals surface area contributed by atoms with E-state index in [1.165, 1.54) is 0 Å². The van der Waals surface area contributed by atoms with Crippen LogP contribution < -0.4 is 29.6 Å². The van der Waals surface area contributed by atoms with E-state index in [9.17, 15) is 13.2 Å². The van der Waals surface area contributed by atoms with Crippen LogP contribution in [0.1, 0.15) is 1.43 Å². The molecule has 0 saturated heterocycles. The van der Waals surface area contributed by atoms with Gasteiger partial charge in [0, 0.05) is 0 Å². The number of hydrogen-bond donors (Lipinski definition) is 2. The van der Waals surface area contributed by atoms with Gasteiger partial charge in [0.1, 0.15) is 0 Å². The van der Waals surface area contributed by atoms with Crippen molar-refractivity contribution in [2.75, 3.05) is 0 Å². The van der Waals surface area contributed by atoms with Gasteiger partial charge in [0.25, 0.3) is 12.8 Å². The zero-order chi connectivity index (χ0) is 7.44. The Kier molecular flexibility index (Phi) is 9.28. The normalized spacial score (nSPS) is 13.5. The van der Waals surface area contributed by atoms with Crippen molar-refractivity contribution >= 4 is 8.60 Å². The molecule has 0 aromatic heterocycles. The average Bonchev–Trinajstić information content (AvgIpc) is 1.63.